The van der Waals surface area contributed by atoms with Crippen LogP contribution in [-0.4, -0.2) is 21.4 Å². The first-order chi connectivity index (χ1) is 14.4. The number of alkyl halides is 3. The van der Waals surface area contributed by atoms with Gasteiger partial charge < -0.3 is 9.47 Å². The van der Waals surface area contributed by atoms with Gasteiger partial charge >= 0.3 is 6.18 Å². The fourth-order valence-electron chi connectivity index (χ4n) is 3.07. The maximum atomic E-state index is 13.7. The average molecular weight is 453 g/mol. The van der Waals surface area contributed by atoms with Crippen LogP contribution in [0.1, 0.15) is 11.1 Å². The van der Waals surface area contributed by atoms with Crippen LogP contribution in [-0.2, 0) is 11.9 Å². The number of nitrogens with zero attached hydrogens (tertiary/aromatic N) is 3. The van der Waals surface area contributed by atoms with Gasteiger partial charge in [0.2, 0.25) is 11.8 Å². The highest BCUT2D eigenvalue weighted by Crippen LogP contribution is 2.37. The van der Waals surface area contributed by atoms with Crippen LogP contribution >= 0.6 is 23.1 Å². The molecule has 0 amide bonds. The minimum atomic E-state index is -4.78. The molecule has 2 aromatic heterocycles. The highest BCUT2D eigenvalue weighted by Gasteiger charge is 2.34. The molecule has 3 heterocycles. The van der Waals surface area contributed by atoms with Crippen molar-refractivity contribution in [2.24, 2.45) is 0 Å². The molecule has 0 radical (unpaired) electrons. The number of aromatic nitrogens is 3. The van der Waals surface area contributed by atoms with Crippen LogP contribution in [0.3, 0.4) is 0 Å². The largest absolute Gasteiger partial charge is 0.454 e. The third-order valence-electron chi connectivity index (χ3n) is 4.49. The van der Waals surface area contributed by atoms with Crippen molar-refractivity contribution in [3.05, 3.63) is 58.7 Å². The fourth-order valence-corrected chi connectivity index (χ4v) is 4.85. The van der Waals surface area contributed by atoms with Gasteiger partial charge in [0.1, 0.15) is 5.82 Å². The van der Waals surface area contributed by atoms with Gasteiger partial charge in [-0.25, -0.2) is 4.39 Å². The smallest absolute Gasteiger partial charge is 0.419 e. The minimum Gasteiger partial charge on any atom is -0.454 e. The van der Waals surface area contributed by atoms with Crippen LogP contribution in [0.5, 0.6) is 11.5 Å². The van der Waals surface area contributed by atoms with Gasteiger partial charge in [-0.3, -0.25) is 4.40 Å². The van der Waals surface area contributed by atoms with Crippen LogP contribution in [0.2, 0.25) is 0 Å². The molecule has 0 aliphatic carbocycles. The third kappa shape index (κ3) is 3.37. The zero-order valence-corrected chi connectivity index (χ0v) is 16.6. The predicted molar refractivity (Wildman–Crippen MR) is 103 cm³/mol. The summed E-state index contributed by atoms with van der Waals surface area (Å²) < 4.78 is 65.4. The van der Waals surface area contributed by atoms with E-state index >= 15 is 0 Å². The standard InChI is InChI=1S/C19H11F4N3O2S2/c20-13-3-2-11(6-12(13)19(21,22)23)14-8-30-18-25-24-17(26(14)18)29-7-10-1-4-15-16(5-10)28-9-27-15/h1-6,8H,7,9H2. The summed E-state index contributed by atoms with van der Waals surface area (Å²) in [7, 11) is 0. The molecule has 154 valence electrons. The summed E-state index contributed by atoms with van der Waals surface area (Å²) in [5, 5.41) is 10.5. The molecule has 0 saturated carbocycles. The van der Waals surface area contributed by atoms with Gasteiger partial charge in [0.15, 0.2) is 16.7 Å². The summed E-state index contributed by atoms with van der Waals surface area (Å²) in [5.41, 5.74) is 0.374. The van der Waals surface area contributed by atoms with Crippen LogP contribution in [0.15, 0.2) is 46.9 Å². The van der Waals surface area contributed by atoms with Gasteiger partial charge in [-0.15, -0.1) is 21.5 Å². The molecule has 0 bridgehead atoms. The first-order valence-corrected chi connectivity index (χ1v) is 10.5. The molecule has 30 heavy (non-hydrogen) atoms. The van der Waals surface area contributed by atoms with Crippen molar-refractivity contribution in [1.29, 1.82) is 0 Å². The lowest BCUT2D eigenvalue weighted by atomic mass is 10.1. The van der Waals surface area contributed by atoms with E-state index in [9.17, 15) is 17.6 Å². The Bertz CT molecular complexity index is 1250. The van der Waals surface area contributed by atoms with Crippen molar-refractivity contribution < 1.29 is 27.0 Å². The fraction of sp³-hybridized carbons (Fsp3) is 0.158. The monoisotopic (exact) mass is 453 g/mol. The Morgan fingerprint density at radius 3 is 2.73 bits per heavy atom. The normalized spacial score (nSPS) is 13.3. The molecule has 0 spiro atoms. The van der Waals surface area contributed by atoms with E-state index in [0.717, 1.165) is 17.7 Å². The van der Waals surface area contributed by atoms with Crippen molar-refractivity contribution in [1.82, 2.24) is 14.6 Å². The van der Waals surface area contributed by atoms with E-state index < -0.39 is 17.6 Å². The second-order valence-corrected chi connectivity index (χ2v) is 8.17. The molecule has 0 saturated heterocycles. The maximum absolute atomic E-state index is 13.7. The van der Waals surface area contributed by atoms with Gasteiger partial charge in [-0.05, 0) is 35.9 Å². The molecule has 4 aromatic rings. The molecule has 0 N–H and O–H groups in total. The van der Waals surface area contributed by atoms with E-state index in [4.69, 9.17) is 9.47 Å². The summed E-state index contributed by atoms with van der Waals surface area (Å²) in [5.74, 6) is 0.593. The molecule has 0 atom stereocenters. The molecular weight excluding hydrogens is 442 g/mol. The van der Waals surface area contributed by atoms with E-state index in [2.05, 4.69) is 10.2 Å². The van der Waals surface area contributed by atoms with Crippen molar-refractivity contribution in [3.8, 4) is 22.8 Å². The molecule has 5 nitrogen and oxygen atoms in total. The molecule has 0 fully saturated rings. The number of halogens is 4. The van der Waals surface area contributed by atoms with E-state index in [1.807, 2.05) is 18.2 Å². The van der Waals surface area contributed by atoms with E-state index in [-0.39, 0.29) is 12.4 Å². The lowest BCUT2D eigenvalue weighted by Gasteiger charge is -2.10. The first-order valence-electron chi connectivity index (χ1n) is 8.61. The SMILES string of the molecule is Fc1ccc(-c2csc3nnc(SCc4ccc5c(c4)OCO5)n23)cc1C(F)(F)F. The van der Waals surface area contributed by atoms with Gasteiger partial charge in [0.25, 0.3) is 0 Å². The van der Waals surface area contributed by atoms with Crippen molar-refractivity contribution >= 4 is 28.1 Å². The molecule has 1 aliphatic rings. The van der Waals surface area contributed by atoms with Crippen molar-refractivity contribution in [2.45, 2.75) is 17.1 Å². The molecule has 1 aliphatic heterocycles. The van der Waals surface area contributed by atoms with Gasteiger partial charge in [0, 0.05) is 16.7 Å². The second-order valence-electron chi connectivity index (χ2n) is 6.39. The van der Waals surface area contributed by atoms with E-state index in [0.29, 0.717) is 33.1 Å². The summed E-state index contributed by atoms with van der Waals surface area (Å²) >= 11 is 2.63. The Balaban J connectivity index is 1.47. The first kappa shape index (κ1) is 19.2. The maximum Gasteiger partial charge on any atom is 0.419 e. The van der Waals surface area contributed by atoms with Gasteiger partial charge in [-0.1, -0.05) is 17.8 Å². The number of rotatable bonds is 4. The Kier molecular flexibility index (Phi) is 4.58. The zero-order valence-electron chi connectivity index (χ0n) is 14.9. The van der Waals surface area contributed by atoms with E-state index in [1.54, 1.807) is 9.78 Å². The molecular formula is C19H11F4N3O2S2. The number of ether oxygens (including phenoxy) is 2. The number of fused-ring (bicyclic) bond motifs is 2. The van der Waals surface area contributed by atoms with Crippen molar-refractivity contribution in [2.75, 3.05) is 6.79 Å². The quantitative estimate of drug-likeness (QED) is 0.296. The van der Waals surface area contributed by atoms with Crippen LogP contribution in [0.4, 0.5) is 17.6 Å². The average Bonchev–Trinajstić information content (AvgIpc) is 3.42. The molecule has 2 aromatic carbocycles. The zero-order chi connectivity index (χ0) is 20.9. The topological polar surface area (TPSA) is 48.7 Å². The lowest BCUT2D eigenvalue weighted by Crippen LogP contribution is -2.08. The molecule has 0 unspecified atom stereocenters. The number of thiazole rings is 1. The number of hydrogen-bond donors (Lipinski definition) is 0. The van der Waals surface area contributed by atoms with Crippen LogP contribution in [0, 0.1) is 5.82 Å². The minimum absolute atomic E-state index is 0.187. The summed E-state index contributed by atoms with van der Waals surface area (Å²) in [4.78, 5) is 0.538. The summed E-state index contributed by atoms with van der Waals surface area (Å²) in [6.45, 7) is 0.187. The Labute approximate surface area is 175 Å². The highest BCUT2D eigenvalue weighted by molar-refractivity contribution is 7.98. The van der Waals surface area contributed by atoms with Gasteiger partial charge in [0.05, 0.1) is 11.3 Å². The molecule has 5 rings (SSSR count). The van der Waals surface area contributed by atoms with Crippen LogP contribution in [0.25, 0.3) is 16.2 Å². The van der Waals surface area contributed by atoms with E-state index in [1.165, 1.54) is 29.2 Å². The highest BCUT2D eigenvalue weighted by atomic mass is 32.2. The molecule has 11 heteroatoms. The number of hydrogen-bond acceptors (Lipinski definition) is 6. The van der Waals surface area contributed by atoms with Gasteiger partial charge in [-0.2, -0.15) is 13.2 Å². The second kappa shape index (κ2) is 7.17. The Morgan fingerprint density at radius 2 is 1.90 bits per heavy atom. The van der Waals surface area contributed by atoms with Crippen molar-refractivity contribution in [3.63, 3.8) is 0 Å². The number of thioether (sulfide) groups is 1. The lowest BCUT2D eigenvalue weighted by molar-refractivity contribution is -0.139. The summed E-state index contributed by atoms with van der Waals surface area (Å²) in [6, 6.07) is 8.55. The number of benzene rings is 2. The summed E-state index contributed by atoms with van der Waals surface area (Å²) in [6.07, 6.45) is -4.78. The predicted octanol–water partition coefficient (Wildman–Crippen LogP) is 5.64. The Morgan fingerprint density at radius 1 is 1.07 bits per heavy atom. The Hall–Kier alpha value is -2.79. The third-order valence-corrected chi connectivity index (χ3v) is 6.31. The van der Waals surface area contributed by atoms with Crippen LogP contribution < -0.4 is 9.47 Å².